The van der Waals surface area contributed by atoms with Crippen LogP contribution in [0.2, 0.25) is 0 Å². The molecule has 0 radical (unpaired) electrons. The first-order valence-corrected chi connectivity index (χ1v) is 6.70. The third kappa shape index (κ3) is 5.04. The van der Waals surface area contributed by atoms with Gasteiger partial charge in [-0.05, 0) is 37.0 Å². The second-order valence-electron chi connectivity index (χ2n) is 4.83. The van der Waals surface area contributed by atoms with Gasteiger partial charge in [0.1, 0.15) is 6.61 Å². The molecule has 0 amide bonds. The summed E-state index contributed by atoms with van der Waals surface area (Å²) >= 11 is 3.49. The van der Waals surface area contributed by atoms with E-state index in [1.807, 2.05) is 0 Å². The van der Waals surface area contributed by atoms with Crippen LogP contribution in [-0.4, -0.2) is 24.7 Å². The van der Waals surface area contributed by atoms with Gasteiger partial charge in [-0.25, -0.2) is 0 Å². The van der Waals surface area contributed by atoms with E-state index in [1.54, 1.807) is 0 Å². The Morgan fingerprint density at radius 2 is 1.94 bits per heavy atom. The monoisotopic (exact) mass is 302 g/mol. The van der Waals surface area contributed by atoms with E-state index in [2.05, 4.69) is 27.6 Å². The Bertz CT molecular complexity index is 216. The number of hydrogen-bond donors (Lipinski definition) is 0. The van der Waals surface area contributed by atoms with Crippen molar-refractivity contribution in [1.29, 1.82) is 0 Å². The van der Waals surface area contributed by atoms with Crippen LogP contribution in [0.1, 0.15) is 32.6 Å². The summed E-state index contributed by atoms with van der Waals surface area (Å²) in [4.78, 5) is 0. The van der Waals surface area contributed by atoms with Crippen molar-refractivity contribution in [3.8, 4) is 0 Å². The minimum absolute atomic E-state index is 0.203. The van der Waals surface area contributed by atoms with Gasteiger partial charge < -0.3 is 4.74 Å². The minimum Gasteiger partial charge on any atom is -0.372 e. The van der Waals surface area contributed by atoms with Gasteiger partial charge in [-0.3, -0.25) is 0 Å². The quantitative estimate of drug-likeness (QED) is 0.507. The molecule has 5 heteroatoms. The van der Waals surface area contributed by atoms with E-state index in [0.29, 0.717) is 6.42 Å². The third-order valence-electron chi connectivity index (χ3n) is 3.17. The molecule has 1 saturated carbocycles. The van der Waals surface area contributed by atoms with Crippen LogP contribution in [0.3, 0.4) is 0 Å². The minimum atomic E-state index is -4.20. The molecular formula is C11H18BrF3O. The van der Waals surface area contributed by atoms with Gasteiger partial charge in [-0.2, -0.15) is 13.2 Å². The topological polar surface area (TPSA) is 9.23 Å². The Balaban J connectivity index is 2.10. The molecule has 0 aliphatic heterocycles. The largest absolute Gasteiger partial charge is 0.411 e. The van der Waals surface area contributed by atoms with E-state index in [1.165, 1.54) is 12.8 Å². The molecule has 96 valence electrons. The van der Waals surface area contributed by atoms with Crippen molar-refractivity contribution in [3.63, 3.8) is 0 Å². The molecule has 0 N–H and O–H groups in total. The maximum absolute atomic E-state index is 11.8. The maximum atomic E-state index is 11.8. The fraction of sp³-hybridized carbons (Fsp3) is 1.00. The summed E-state index contributed by atoms with van der Waals surface area (Å²) in [6.07, 6.45) is -0.0539. The smallest absolute Gasteiger partial charge is 0.372 e. The summed E-state index contributed by atoms with van der Waals surface area (Å²) in [5.41, 5.74) is 0.238. The molecule has 1 unspecified atom stereocenters. The highest BCUT2D eigenvalue weighted by Gasteiger charge is 2.40. The Morgan fingerprint density at radius 3 is 2.38 bits per heavy atom. The zero-order chi connectivity index (χ0) is 12.2. The van der Waals surface area contributed by atoms with Crippen LogP contribution in [0.15, 0.2) is 0 Å². The lowest BCUT2D eigenvalue weighted by Gasteiger charge is -2.27. The first-order chi connectivity index (χ1) is 7.37. The first kappa shape index (κ1) is 14.3. The van der Waals surface area contributed by atoms with Crippen LogP contribution in [0.5, 0.6) is 0 Å². The number of alkyl halides is 4. The van der Waals surface area contributed by atoms with Crippen LogP contribution in [0.4, 0.5) is 13.2 Å². The van der Waals surface area contributed by atoms with Crippen molar-refractivity contribution in [2.75, 3.05) is 18.5 Å². The Morgan fingerprint density at radius 1 is 1.31 bits per heavy atom. The Hall–Kier alpha value is 0.230. The van der Waals surface area contributed by atoms with Crippen LogP contribution in [-0.2, 0) is 4.74 Å². The first-order valence-electron chi connectivity index (χ1n) is 5.58. The molecule has 1 rings (SSSR count). The van der Waals surface area contributed by atoms with Crippen molar-refractivity contribution in [3.05, 3.63) is 0 Å². The van der Waals surface area contributed by atoms with Crippen molar-refractivity contribution < 1.29 is 17.9 Å². The zero-order valence-corrected chi connectivity index (χ0v) is 11.0. The molecule has 0 aromatic carbocycles. The second kappa shape index (κ2) is 5.71. The lowest BCUT2D eigenvalue weighted by Crippen LogP contribution is -2.22. The standard InChI is InChI=1S/C11H18BrF3O/c1-10(7-12,9-3-4-9)5-2-6-16-8-11(13,14)15/h9H,2-8H2,1H3. The number of rotatable bonds is 7. The van der Waals surface area contributed by atoms with E-state index < -0.39 is 12.8 Å². The van der Waals surface area contributed by atoms with Crippen LogP contribution in [0.25, 0.3) is 0 Å². The van der Waals surface area contributed by atoms with Crippen molar-refractivity contribution in [2.24, 2.45) is 11.3 Å². The van der Waals surface area contributed by atoms with E-state index in [-0.39, 0.29) is 12.0 Å². The molecule has 0 bridgehead atoms. The third-order valence-corrected chi connectivity index (χ3v) is 4.45. The predicted octanol–water partition coefficient (Wildman–Crippen LogP) is 4.16. The summed E-state index contributed by atoms with van der Waals surface area (Å²) < 4.78 is 40.0. The molecule has 0 aromatic heterocycles. The van der Waals surface area contributed by atoms with Crippen LogP contribution in [0, 0.1) is 11.3 Å². The van der Waals surface area contributed by atoms with Gasteiger partial charge in [0.05, 0.1) is 0 Å². The van der Waals surface area contributed by atoms with Gasteiger partial charge in [-0.15, -0.1) is 0 Å². The van der Waals surface area contributed by atoms with Crippen molar-refractivity contribution in [2.45, 2.75) is 38.8 Å². The van der Waals surface area contributed by atoms with E-state index >= 15 is 0 Å². The molecule has 1 atom stereocenters. The lowest BCUT2D eigenvalue weighted by atomic mass is 9.83. The highest BCUT2D eigenvalue weighted by molar-refractivity contribution is 9.09. The molecule has 0 heterocycles. The van der Waals surface area contributed by atoms with Crippen LogP contribution < -0.4 is 0 Å². The average molecular weight is 303 g/mol. The molecular weight excluding hydrogens is 285 g/mol. The van der Waals surface area contributed by atoms with Crippen molar-refractivity contribution in [1.82, 2.24) is 0 Å². The highest BCUT2D eigenvalue weighted by Crippen LogP contribution is 2.49. The van der Waals surface area contributed by atoms with Crippen LogP contribution >= 0.6 is 15.9 Å². The summed E-state index contributed by atoms with van der Waals surface area (Å²) in [5, 5.41) is 0.921. The normalized spacial score (nSPS) is 20.8. The second-order valence-corrected chi connectivity index (χ2v) is 5.39. The zero-order valence-electron chi connectivity index (χ0n) is 9.45. The maximum Gasteiger partial charge on any atom is 0.411 e. The predicted molar refractivity (Wildman–Crippen MR) is 60.7 cm³/mol. The van der Waals surface area contributed by atoms with E-state index in [0.717, 1.165) is 17.7 Å². The SMILES string of the molecule is CC(CBr)(CCCOCC(F)(F)F)C1CC1. The molecule has 1 nitrogen and oxygen atoms in total. The van der Waals surface area contributed by atoms with Gasteiger partial charge in [-0.1, -0.05) is 22.9 Å². The molecule has 1 aliphatic carbocycles. The molecule has 0 saturated heterocycles. The average Bonchev–Trinajstić information content (AvgIpc) is 2.98. The molecule has 0 spiro atoms. The Kier molecular flexibility index (Phi) is 5.10. The lowest BCUT2D eigenvalue weighted by molar-refractivity contribution is -0.174. The summed E-state index contributed by atoms with van der Waals surface area (Å²) in [7, 11) is 0. The van der Waals surface area contributed by atoms with E-state index in [4.69, 9.17) is 0 Å². The fourth-order valence-corrected chi connectivity index (χ4v) is 2.66. The van der Waals surface area contributed by atoms with Crippen molar-refractivity contribution >= 4 is 15.9 Å². The Labute approximate surface area is 103 Å². The van der Waals surface area contributed by atoms with Gasteiger partial charge in [0.15, 0.2) is 0 Å². The highest BCUT2D eigenvalue weighted by atomic mass is 79.9. The van der Waals surface area contributed by atoms with Gasteiger partial charge in [0, 0.05) is 11.9 Å². The molecule has 1 aliphatic rings. The number of halogens is 4. The molecule has 16 heavy (non-hydrogen) atoms. The fourth-order valence-electron chi connectivity index (χ4n) is 1.93. The summed E-state index contributed by atoms with van der Waals surface area (Å²) in [6, 6.07) is 0. The summed E-state index contributed by atoms with van der Waals surface area (Å²) in [5.74, 6) is 0.745. The van der Waals surface area contributed by atoms with Gasteiger partial charge >= 0.3 is 6.18 Å². The number of hydrogen-bond acceptors (Lipinski definition) is 1. The summed E-state index contributed by atoms with van der Waals surface area (Å²) in [6.45, 7) is 1.28. The molecule has 1 fully saturated rings. The molecule has 0 aromatic rings. The van der Waals surface area contributed by atoms with Gasteiger partial charge in [0.25, 0.3) is 0 Å². The van der Waals surface area contributed by atoms with E-state index in [9.17, 15) is 13.2 Å². The van der Waals surface area contributed by atoms with Gasteiger partial charge in [0.2, 0.25) is 0 Å². The number of ether oxygens (including phenoxy) is 1.